The molecule has 248 valence electrons. The van der Waals surface area contributed by atoms with E-state index in [9.17, 15) is 0 Å². The van der Waals surface area contributed by atoms with Gasteiger partial charge in [-0.05, 0) is 69.8 Å². The van der Waals surface area contributed by atoms with E-state index in [1.54, 1.807) is 0 Å². The Morgan fingerprint density at radius 2 is 0.788 bits per heavy atom. The largest absolute Gasteiger partial charge is 0.310 e. The van der Waals surface area contributed by atoms with Gasteiger partial charge in [-0.1, -0.05) is 159 Å². The number of hydrogen-bond donors (Lipinski definition) is 0. The molecule has 0 fully saturated rings. The van der Waals surface area contributed by atoms with Crippen LogP contribution in [0.15, 0.2) is 182 Å². The van der Waals surface area contributed by atoms with Crippen molar-refractivity contribution in [2.75, 3.05) is 4.90 Å². The fourth-order valence-corrected chi connectivity index (χ4v) is 7.37. The molecule has 4 nitrogen and oxygen atoms in total. The topological polar surface area (TPSA) is 41.9 Å². The van der Waals surface area contributed by atoms with Crippen LogP contribution in [-0.4, -0.2) is 15.0 Å². The van der Waals surface area contributed by atoms with Gasteiger partial charge in [0.1, 0.15) is 0 Å². The van der Waals surface area contributed by atoms with Crippen LogP contribution in [0.4, 0.5) is 17.1 Å². The van der Waals surface area contributed by atoms with Crippen LogP contribution in [0.1, 0.15) is 25.0 Å². The molecule has 0 radical (unpaired) electrons. The minimum absolute atomic E-state index is 0.163. The highest BCUT2D eigenvalue weighted by atomic mass is 15.2. The first-order valence-electron chi connectivity index (χ1n) is 17.7. The van der Waals surface area contributed by atoms with E-state index in [0.29, 0.717) is 17.5 Å². The molecule has 0 spiro atoms. The third-order valence-electron chi connectivity index (χ3n) is 10.1. The molecule has 9 rings (SSSR count). The van der Waals surface area contributed by atoms with Gasteiger partial charge in [-0.3, -0.25) is 0 Å². The summed E-state index contributed by atoms with van der Waals surface area (Å²) < 4.78 is 0. The van der Waals surface area contributed by atoms with Gasteiger partial charge >= 0.3 is 0 Å². The lowest BCUT2D eigenvalue weighted by atomic mass is 9.73. The molecule has 0 saturated carbocycles. The molecular formula is C48H36N4. The summed E-state index contributed by atoms with van der Waals surface area (Å²) in [4.78, 5) is 17.2. The van der Waals surface area contributed by atoms with Gasteiger partial charge in [-0.15, -0.1) is 0 Å². The quantitative estimate of drug-likeness (QED) is 0.177. The van der Waals surface area contributed by atoms with Crippen molar-refractivity contribution in [1.29, 1.82) is 0 Å². The minimum atomic E-state index is -0.163. The summed E-state index contributed by atoms with van der Waals surface area (Å²) in [7, 11) is 0. The van der Waals surface area contributed by atoms with Crippen molar-refractivity contribution < 1.29 is 0 Å². The standard InChI is InChI=1S/C48H36N4/c1-48(2)41-23-12-13-24-43(41)52(40-21-10-5-11-22-40)44-30-29-38(32-42(44)48)34-27-25-33(26-28-34)37-19-14-20-39(31-37)47-50-45(35-15-6-3-7-16-35)49-46(51-47)36-17-8-4-9-18-36/h3-32H,1-2H3. The number of para-hydroxylation sites is 2. The molecule has 0 bridgehead atoms. The van der Waals surface area contributed by atoms with Gasteiger partial charge in [-0.2, -0.15) is 0 Å². The van der Waals surface area contributed by atoms with Crippen molar-refractivity contribution in [3.8, 4) is 56.4 Å². The zero-order valence-electron chi connectivity index (χ0n) is 29.1. The van der Waals surface area contributed by atoms with Crippen LogP contribution in [0, 0.1) is 0 Å². The smallest absolute Gasteiger partial charge is 0.164 e. The summed E-state index contributed by atoms with van der Waals surface area (Å²) in [6.45, 7) is 4.68. The van der Waals surface area contributed by atoms with Crippen LogP contribution in [0.25, 0.3) is 56.4 Å². The van der Waals surface area contributed by atoms with Crippen LogP contribution >= 0.6 is 0 Å². The Morgan fingerprint density at radius 3 is 1.40 bits per heavy atom. The number of nitrogens with zero attached hydrogens (tertiary/aromatic N) is 4. The first kappa shape index (κ1) is 31.3. The molecule has 1 aromatic heterocycles. The van der Waals surface area contributed by atoms with Gasteiger partial charge in [0.2, 0.25) is 0 Å². The molecule has 0 unspecified atom stereocenters. The fourth-order valence-electron chi connectivity index (χ4n) is 7.37. The van der Waals surface area contributed by atoms with Crippen LogP contribution < -0.4 is 4.90 Å². The monoisotopic (exact) mass is 668 g/mol. The Morgan fingerprint density at radius 1 is 0.346 bits per heavy atom. The van der Waals surface area contributed by atoms with Crippen molar-refractivity contribution in [1.82, 2.24) is 15.0 Å². The second-order valence-corrected chi connectivity index (χ2v) is 13.7. The molecule has 1 aliphatic rings. The summed E-state index contributed by atoms with van der Waals surface area (Å²) >= 11 is 0. The highest BCUT2D eigenvalue weighted by Crippen LogP contribution is 2.52. The first-order valence-corrected chi connectivity index (χ1v) is 17.7. The minimum Gasteiger partial charge on any atom is -0.310 e. The molecule has 0 atom stereocenters. The van der Waals surface area contributed by atoms with Crippen LogP contribution in [0.5, 0.6) is 0 Å². The average Bonchev–Trinajstić information content (AvgIpc) is 3.22. The van der Waals surface area contributed by atoms with E-state index in [0.717, 1.165) is 33.5 Å². The Kier molecular flexibility index (Phi) is 7.78. The molecule has 0 amide bonds. The van der Waals surface area contributed by atoms with Gasteiger partial charge in [0.25, 0.3) is 0 Å². The maximum Gasteiger partial charge on any atom is 0.164 e. The molecule has 4 heteroatoms. The highest BCUT2D eigenvalue weighted by Gasteiger charge is 2.36. The third kappa shape index (κ3) is 5.65. The number of benzene rings is 7. The second-order valence-electron chi connectivity index (χ2n) is 13.7. The van der Waals surface area contributed by atoms with Crippen LogP contribution in [-0.2, 0) is 5.41 Å². The number of hydrogen-bond acceptors (Lipinski definition) is 4. The third-order valence-corrected chi connectivity index (χ3v) is 10.1. The molecular weight excluding hydrogens is 633 g/mol. The van der Waals surface area contributed by atoms with Crippen molar-refractivity contribution in [3.05, 3.63) is 193 Å². The molecule has 52 heavy (non-hydrogen) atoms. The number of fused-ring (bicyclic) bond motifs is 2. The molecule has 2 heterocycles. The molecule has 0 N–H and O–H groups in total. The molecule has 1 aliphatic heterocycles. The van der Waals surface area contributed by atoms with Crippen molar-refractivity contribution in [2.45, 2.75) is 19.3 Å². The van der Waals surface area contributed by atoms with Gasteiger partial charge in [0.15, 0.2) is 17.5 Å². The van der Waals surface area contributed by atoms with Gasteiger partial charge < -0.3 is 4.90 Å². The van der Waals surface area contributed by atoms with E-state index in [4.69, 9.17) is 15.0 Å². The summed E-state index contributed by atoms with van der Waals surface area (Å²) in [6.07, 6.45) is 0. The molecule has 0 saturated heterocycles. The second kappa shape index (κ2) is 12.9. The summed E-state index contributed by atoms with van der Waals surface area (Å²) in [5.41, 5.74) is 13.6. The van der Waals surface area contributed by atoms with Gasteiger partial charge in [0.05, 0.1) is 11.4 Å². The maximum absolute atomic E-state index is 4.95. The lowest BCUT2D eigenvalue weighted by molar-refractivity contribution is 0.632. The van der Waals surface area contributed by atoms with Crippen LogP contribution in [0.2, 0.25) is 0 Å². The molecule has 7 aromatic carbocycles. The summed E-state index contributed by atoms with van der Waals surface area (Å²) in [5, 5.41) is 0. The van der Waals surface area contributed by atoms with E-state index < -0.39 is 0 Å². The Labute approximate surface area is 304 Å². The predicted molar refractivity (Wildman–Crippen MR) is 214 cm³/mol. The van der Waals surface area contributed by atoms with Gasteiger partial charge in [-0.25, -0.2) is 15.0 Å². The number of rotatable bonds is 6. The normalized spacial score (nSPS) is 12.9. The predicted octanol–water partition coefficient (Wildman–Crippen LogP) is 12.3. The SMILES string of the molecule is CC1(C)c2ccccc2N(c2ccccc2)c2ccc(-c3ccc(-c4cccc(-c5nc(-c6ccccc6)nc(-c6ccccc6)n5)c4)cc3)cc21. The maximum atomic E-state index is 4.95. The van der Waals surface area contributed by atoms with E-state index in [1.807, 2.05) is 60.7 Å². The lowest BCUT2D eigenvalue weighted by Gasteiger charge is -2.42. The van der Waals surface area contributed by atoms with E-state index >= 15 is 0 Å². The zero-order chi connectivity index (χ0) is 35.1. The van der Waals surface area contributed by atoms with Gasteiger partial charge in [0, 0.05) is 27.8 Å². The lowest BCUT2D eigenvalue weighted by Crippen LogP contribution is -2.30. The Balaban J connectivity index is 1.06. The summed E-state index contributed by atoms with van der Waals surface area (Å²) in [5.74, 6) is 1.96. The summed E-state index contributed by atoms with van der Waals surface area (Å²) in [6, 6.07) is 63.9. The van der Waals surface area contributed by atoms with Crippen molar-refractivity contribution >= 4 is 17.1 Å². The van der Waals surface area contributed by atoms with Crippen molar-refractivity contribution in [2.24, 2.45) is 0 Å². The van der Waals surface area contributed by atoms with Crippen molar-refractivity contribution in [3.63, 3.8) is 0 Å². The van der Waals surface area contributed by atoms with E-state index in [2.05, 4.69) is 140 Å². The first-order chi connectivity index (χ1) is 25.5. The Bertz CT molecular complexity index is 2470. The molecule has 0 aliphatic carbocycles. The van der Waals surface area contributed by atoms with E-state index in [1.165, 1.54) is 33.6 Å². The fraction of sp³-hybridized carbons (Fsp3) is 0.0625. The Hall–Kier alpha value is -6.65. The molecule has 8 aromatic rings. The highest BCUT2D eigenvalue weighted by molar-refractivity contribution is 5.87. The number of aromatic nitrogens is 3. The average molecular weight is 669 g/mol. The number of anilines is 3. The van der Waals surface area contributed by atoms with Crippen LogP contribution in [0.3, 0.4) is 0 Å². The van der Waals surface area contributed by atoms with E-state index in [-0.39, 0.29) is 5.41 Å². The zero-order valence-corrected chi connectivity index (χ0v) is 29.1.